The molecule has 6 heteroatoms. The molecule has 1 aliphatic rings. The monoisotopic (exact) mass is 300 g/mol. The van der Waals surface area contributed by atoms with Crippen LogP contribution in [-0.4, -0.2) is 30.1 Å². The fraction of sp³-hybridized carbons (Fsp3) is 0.167. The number of carbonyl (C=O) groups excluding carboxylic acids is 1. The number of likely N-dealkylation sites (N-methyl/N-ethyl adjacent to an activating group) is 1. The zero-order valence-electron chi connectivity index (χ0n) is 9.78. The Morgan fingerprint density at radius 2 is 2.11 bits per heavy atom. The topological polar surface area (TPSA) is 32.7 Å². The summed E-state index contributed by atoms with van der Waals surface area (Å²) in [6, 6.07) is 5.17. The van der Waals surface area contributed by atoms with Gasteiger partial charge in [-0.1, -0.05) is 29.3 Å². The Hall–Kier alpha value is -0.970. The van der Waals surface area contributed by atoms with E-state index < -0.39 is 0 Å². The standard InChI is InChI=1S/C12H10Cl2N2OS/c1-15-12-16(2)11(17)10(18-12)5-7-3-4-8(13)6-9(7)14/h3-6H,1-2H3. The lowest BCUT2D eigenvalue weighted by atomic mass is 10.2. The molecule has 0 spiro atoms. The Kier molecular flexibility index (Phi) is 4.00. The predicted molar refractivity (Wildman–Crippen MR) is 78.2 cm³/mol. The molecule has 0 aromatic heterocycles. The van der Waals surface area contributed by atoms with Crippen molar-refractivity contribution >= 4 is 52.1 Å². The molecule has 1 heterocycles. The van der Waals surface area contributed by atoms with Crippen molar-refractivity contribution in [1.82, 2.24) is 4.90 Å². The van der Waals surface area contributed by atoms with E-state index in [0.29, 0.717) is 20.1 Å². The first-order valence-corrected chi connectivity index (χ1v) is 6.69. The molecule has 0 bridgehead atoms. The van der Waals surface area contributed by atoms with Crippen molar-refractivity contribution < 1.29 is 4.79 Å². The quantitative estimate of drug-likeness (QED) is 0.743. The Balaban J connectivity index is 2.38. The number of hydrogen-bond acceptors (Lipinski definition) is 3. The summed E-state index contributed by atoms with van der Waals surface area (Å²) in [6.07, 6.45) is 1.75. The van der Waals surface area contributed by atoms with E-state index in [2.05, 4.69) is 4.99 Å². The lowest BCUT2D eigenvalue weighted by molar-refractivity contribution is -0.121. The molecule has 1 aliphatic heterocycles. The number of thioether (sulfide) groups is 1. The summed E-state index contributed by atoms with van der Waals surface area (Å²) in [7, 11) is 3.35. The van der Waals surface area contributed by atoms with Gasteiger partial charge in [0, 0.05) is 24.1 Å². The van der Waals surface area contributed by atoms with Crippen molar-refractivity contribution in [2.24, 2.45) is 4.99 Å². The molecule has 0 N–H and O–H groups in total. The van der Waals surface area contributed by atoms with Crippen LogP contribution in [-0.2, 0) is 4.79 Å². The third kappa shape index (κ3) is 2.55. The lowest BCUT2D eigenvalue weighted by Gasteiger charge is -2.05. The van der Waals surface area contributed by atoms with Crippen LogP contribution < -0.4 is 0 Å². The van der Waals surface area contributed by atoms with E-state index in [0.717, 1.165) is 5.56 Å². The third-order valence-corrected chi connectivity index (χ3v) is 4.16. The normalized spacial score (nSPS) is 20.2. The van der Waals surface area contributed by atoms with E-state index >= 15 is 0 Å². The highest BCUT2D eigenvalue weighted by Gasteiger charge is 2.29. The van der Waals surface area contributed by atoms with Gasteiger partial charge in [-0.15, -0.1) is 0 Å². The second-order valence-corrected chi connectivity index (χ2v) is 5.50. The number of carbonyl (C=O) groups is 1. The minimum absolute atomic E-state index is 0.0772. The average molecular weight is 301 g/mol. The van der Waals surface area contributed by atoms with Gasteiger partial charge in [-0.2, -0.15) is 0 Å². The smallest absolute Gasteiger partial charge is 0.266 e. The van der Waals surface area contributed by atoms with Gasteiger partial charge in [-0.3, -0.25) is 14.7 Å². The van der Waals surface area contributed by atoms with Crippen LogP contribution in [0.5, 0.6) is 0 Å². The fourth-order valence-corrected chi connectivity index (χ4v) is 2.89. The van der Waals surface area contributed by atoms with Crippen LogP contribution in [0, 0.1) is 0 Å². The van der Waals surface area contributed by atoms with E-state index in [9.17, 15) is 4.79 Å². The number of nitrogens with zero attached hydrogens (tertiary/aromatic N) is 2. The van der Waals surface area contributed by atoms with Crippen LogP contribution in [0.25, 0.3) is 6.08 Å². The average Bonchev–Trinajstić information content (AvgIpc) is 2.60. The van der Waals surface area contributed by atoms with Crippen LogP contribution in [0.2, 0.25) is 10.0 Å². The molecule has 0 unspecified atom stereocenters. The first-order valence-electron chi connectivity index (χ1n) is 5.12. The number of hydrogen-bond donors (Lipinski definition) is 0. The van der Waals surface area contributed by atoms with E-state index in [1.807, 2.05) is 0 Å². The number of rotatable bonds is 1. The predicted octanol–water partition coefficient (Wildman–Crippen LogP) is 3.53. The molecule has 1 fully saturated rings. The summed E-state index contributed by atoms with van der Waals surface area (Å²) in [4.78, 5) is 18.1. The van der Waals surface area contributed by atoms with Crippen LogP contribution >= 0.6 is 35.0 Å². The van der Waals surface area contributed by atoms with Crippen LogP contribution in [0.1, 0.15) is 5.56 Å². The van der Waals surface area contributed by atoms with Gasteiger partial charge >= 0.3 is 0 Å². The number of amides is 1. The maximum absolute atomic E-state index is 11.9. The molecule has 1 aromatic rings. The number of halogens is 2. The minimum atomic E-state index is -0.0772. The minimum Gasteiger partial charge on any atom is -0.290 e. The van der Waals surface area contributed by atoms with E-state index in [4.69, 9.17) is 23.2 Å². The molecular weight excluding hydrogens is 291 g/mol. The molecule has 3 nitrogen and oxygen atoms in total. The van der Waals surface area contributed by atoms with Crippen molar-refractivity contribution in [3.63, 3.8) is 0 Å². The maximum atomic E-state index is 11.9. The van der Waals surface area contributed by atoms with E-state index in [1.54, 1.807) is 38.4 Å². The van der Waals surface area contributed by atoms with Crippen LogP contribution in [0.15, 0.2) is 28.1 Å². The molecule has 18 heavy (non-hydrogen) atoms. The Labute approximate surface area is 119 Å². The van der Waals surface area contributed by atoms with Crippen molar-refractivity contribution in [1.29, 1.82) is 0 Å². The molecule has 0 atom stereocenters. The summed E-state index contributed by atoms with van der Waals surface area (Å²) in [5.74, 6) is -0.0772. The van der Waals surface area contributed by atoms with Gasteiger partial charge in [0.1, 0.15) is 0 Å². The maximum Gasteiger partial charge on any atom is 0.266 e. The van der Waals surface area contributed by atoms with Crippen LogP contribution in [0.4, 0.5) is 0 Å². The fourth-order valence-electron chi connectivity index (χ4n) is 1.51. The van der Waals surface area contributed by atoms with Gasteiger partial charge in [0.15, 0.2) is 5.17 Å². The van der Waals surface area contributed by atoms with E-state index in [-0.39, 0.29) is 5.91 Å². The van der Waals surface area contributed by atoms with Gasteiger partial charge in [-0.25, -0.2) is 0 Å². The molecule has 0 saturated carbocycles. The summed E-state index contributed by atoms with van der Waals surface area (Å²) in [5, 5.41) is 1.77. The van der Waals surface area contributed by atoms with Gasteiger partial charge in [0.25, 0.3) is 5.91 Å². The molecular formula is C12H10Cl2N2OS. The van der Waals surface area contributed by atoms with Gasteiger partial charge < -0.3 is 0 Å². The lowest BCUT2D eigenvalue weighted by Crippen LogP contribution is -2.23. The van der Waals surface area contributed by atoms with Gasteiger partial charge in [-0.05, 0) is 35.5 Å². The molecule has 1 aromatic carbocycles. The summed E-state index contributed by atoms with van der Waals surface area (Å²) in [5.41, 5.74) is 0.766. The third-order valence-electron chi connectivity index (χ3n) is 2.44. The van der Waals surface area contributed by atoms with Gasteiger partial charge in [0.2, 0.25) is 0 Å². The first kappa shape index (κ1) is 13.5. The molecule has 94 valence electrons. The molecule has 1 saturated heterocycles. The number of amidine groups is 1. The number of aliphatic imine (C=N–C) groups is 1. The second kappa shape index (κ2) is 5.34. The number of benzene rings is 1. The largest absolute Gasteiger partial charge is 0.290 e. The van der Waals surface area contributed by atoms with Crippen molar-refractivity contribution in [2.45, 2.75) is 0 Å². The molecule has 0 aliphatic carbocycles. The van der Waals surface area contributed by atoms with Crippen molar-refractivity contribution in [3.8, 4) is 0 Å². The van der Waals surface area contributed by atoms with Crippen molar-refractivity contribution in [2.75, 3.05) is 14.1 Å². The highest BCUT2D eigenvalue weighted by molar-refractivity contribution is 8.18. The van der Waals surface area contributed by atoms with Crippen LogP contribution in [0.3, 0.4) is 0 Å². The Morgan fingerprint density at radius 1 is 1.39 bits per heavy atom. The molecule has 0 radical (unpaired) electrons. The van der Waals surface area contributed by atoms with E-state index in [1.165, 1.54) is 16.7 Å². The zero-order valence-corrected chi connectivity index (χ0v) is 12.1. The van der Waals surface area contributed by atoms with Gasteiger partial charge in [0.05, 0.1) is 4.91 Å². The summed E-state index contributed by atoms with van der Waals surface area (Å²) in [6.45, 7) is 0. The molecule has 1 amide bonds. The van der Waals surface area contributed by atoms with Crippen molar-refractivity contribution in [3.05, 3.63) is 38.7 Å². The summed E-state index contributed by atoms with van der Waals surface area (Å²) >= 11 is 13.2. The highest BCUT2D eigenvalue weighted by Crippen LogP contribution is 2.33. The zero-order chi connectivity index (χ0) is 13.3. The first-order chi connectivity index (χ1) is 8.52. The second-order valence-electron chi connectivity index (χ2n) is 3.65. The Bertz CT molecular complexity index is 569. The molecule has 2 rings (SSSR count). The Morgan fingerprint density at radius 3 is 2.67 bits per heavy atom. The summed E-state index contributed by atoms with van der Waals surface area (Å²) < 4.78 is 0. The highest BCUT2D eigenvalue weighted by atomic mass is 35.5. The SMILES string of the molecule is CN=C1SC(=Cc2ccc(Cl)cc2Cl)C(=O)N1C.